The first-order chi connectivity index (χ1) is 9.75. The number of H-pyrrole nitrogens is 1. The second-order valence-electron chi connectivity index (χ2n) is 4.56. The molecular formula is C15H15N5. The van der Waals surface area contributed by atoms with Crippen LogP contribution in [-0.4, -0.2) is 19.9 Å². The summed E-state index contributed by atoms with van der Waals surface area (Å²) in [6, 6.07) is 9.59. The van der Waals surface area contributed by atoms with E-state index in [1.54, 1.807) is 18.6 Å². The molecule has 2 aromatic heterocycles. The molecule has 1 unspecified atom stereocenters. The molecule has 0 spiro atoms. The molecule has 0 bridgehead atoms. The van der Waals surface area contributed by atoms with Gasteiger partial charge in [0.1, 0.15) is 11.5 Å². The van der Waals surface area contributed by atoms with Crippen LogP contribution < -0.4 is 5.73 Å². The van der Waals surface area contributed by atoms with Gasteiger partial charge < -0.3 is 10.7 Å². The molecular weight excluding hydrogens is 250 g/mol. The summed E-state index contributed by atoms with van der Waals surface area (Å²) in [5.74, 6) is 0.719. The van der Waals surface area contributed by atoms with Gasteiger partial charge in [0, 0.05) is 12.4 Å². The van der Waals surface area contributed by atoms with E-state index in [1.165, 1.54) is 0 Å². The van der Waals surface area contributed by atoms with Crippen LogP contribution >= 0.6 is 0 Å². The molecule has 3 aromatic rings. The van der Waals surface area contributed by atoms with Crippen molar-refractivity contribution < 1.29 is 0 Å². The Kier molecular flexibility index (Phi) is 3.26. The highest BCUT2D eigenvalue weighted by Gasteiger charge is 2.14. The van der Waals surface area contributed by atoms with Crippen molar-refractivity contribution in [2.45, 2.75) is 13.0 Å². The number of rotatable bonds is 3. The van der Waals surface area contributed by atoms with E-state index in [2.05, 4.69) is 19.9 Å². The van der Waals surface area contributed by atoms with E-state index in [0.29, 0.717) is 0 Å². The van der Waals surface area contributed by atoms with Gasteiger partial charge in [-0.25, -0.2) is 4.98 Å². The number of hydrogen-bond donors (Lipinski definition) is 2. The minimum Gasteiger partial charge on any atom is -0.339 e. The molecule has 1 atom stereocenters. The highest BCUT2D eigenvalue weighted by Crippen LogP contribution is 2.21. The fourth-order valence-corrected chi connectivity index (χ4v) is 2.11. The number of imidazole rings is 1. The molecule has 0 saturated carbocycles. The zero-order chi connectivity index (χ0) is 13.9. The van der Waals surface area contributed by atoms with Crippen LogP contribution in [0.5, 0.6) is 0 Å². The monoisotopic (exact) mass is 265 g/mol. The van der Waals surface area contributed by atoms with Gasteiger partial charge in [-0.3, -0.25) is 9.97 Å². The van der Waals surface area contributed by atoms with Gasteiger partial charge >= 0.3 is 0 Å². The molecule has 100 valence electrons. The summed E-state index contributed by atoms with van der Waals surface area (Å²) < 4.78 is 0. The Morgan fingerprint density at radius 1 is 1.05 bits per heavy atom. The molecule has 5 nitrogen and oxygen atoms in total. The number of benzene rings is 1. The van der Waals surface area contributed by atoms with Gasteiger partial charge in [0.2, 0.25) is 0 Å². The molecule has 2 heterocycles. The molecule has 0 aliphatic heterocycles. The Labute approximate surface area is 116 Å². The third-order valence-corrected chi connectivity index (χ3v) is 3.19. The number of aromatic nitrogens is 4. The maximum Gasteiger partial charge on any atom is 0.128 e. The van der Waals surface area contributed by atoms with Gasteiger partial charge in [-0.05, 0) is 12.5 Å². The Bertz CT molecular complexity index is 705. The molecule has 0 amide bonds. The quantitative estimate of drug-likeness (QED) is 0.761. The van der Waals surface area contributed by atoms with Crippen LogP contribution in [0.2, 0.25) is 0 Å². The fourth-order valence-electron chi connectivity index (χ4n) is 2.11. The molecule has 0 aliphatic carbocycles. The van der Waals surface area contributed by atoms with Crippen molar-refractivity contribution in [3.8, 4) is 11.4 Å². The molecule has 20 heavy (non-hydrogen) atoms. The SMILES string of the molecule is Cc1nccnc1-c1cnc(C(N)c2ccccc2)[nH]1. The van der Waals surface area contributed by atoms with Crippen molar-refractivity contribution >= 4 is 0 Å². The lowest BCUT2D eigenvalue weighted by atomic mass is 10.1. The Morgan fingerprint density at radius 3 is 2.55 bits per heavy atom. The van der Waals surface area contributed by atoms with E-state index < -0.39 is 0 Å². The Morgan fingerprint density at radius 2 is 1.80 bits per heavy atom. The van der Waals surface area contributed by atoms with E-state index in [-0.39, 0.29) is 6.04 Å². The van der Waals surface area contributed by atoms with E-state index in [0.717, 1.165) is 28.5 Å². The van der Waals surface area contributed by atoms with E-state index in [1.807, 2.05) is 37.3 Å². The van der Waals surface area contributed by atoms with Gasteiger partial charge in [-0.15, -0.1) is 0 Å². The summed E-state index contributed by atoms with van der Waals surface area (Å²) in [7, 11) is 0. The number of nitrogens with zero attached hydrogens (tertiary/aromatic N) is 3. The summed E-state index contributed by atoms with van der Waals surface area (Å²) in [6.07, 6.45) is 5.08. The smallest absolute Gasteiger partial charge is 0.128 e. The second kappa shape index (κ2) is 5.22. The van der Waals surface area contributed by atoms with Crippen LogP contribution in [0, 0.1) is 6.92 Å². The van der Waals surface area contributed by atoms with Crippen LogP contribution in [0.4, 0.5) is 0 Å². The maximum absolute atomic E-state index is 6.22. The topological polar surface area (TPSA) is 80.5 Å². The predicted molar refractivity (Wildman–Crippen MR) is 76.8 cm³/mol. The van der Waals surface area contributed by atoms with Crippen LogP contribution in [0.3, 0.4) is 0 Å². The van der Waals surface area contributed by atoms with E-state index in [9.17, 15) is 0 Å². The largest absolute Gasteiger partial charge is 0.339 e. The third kappa shape index (κ3) is 2.31. The van der Waals surface area contributed by atoms with Gasteiger partial charge in [0.15, 0.2) is 0 Å². The van der Waals surface area contributed by atoms with E-state index >= 15 is 0 Å². The molecule has 1 aromatic carbocycles. The van der Waals surface area contributed by atoms with Crippen molar-refractivity contribution in [3.63, 3.8) is 0 Å². The Balaban J connectivity index is 1.93. The summed E-state index contributed by atoms with van der Waals surface area (Å²) in [5, 5.41) is 0. The number of hydrogen-bond acceptors (Lipinski definition) is 4. The van der Waals surface area contributed by atoms with Crippen molar-refractivity contribution in [1.82, 2.24) is 19.9 Å². The molecule has 0 fully saturated rings. The number of nitrogens with two attached hydrogens (primary N) is 1. The summed E-state index contributed by atoms with van der Waals surface area (Å²) >= 11 is 0. The molecule has 3 rings (SSSR count). The standard InChI is InChI=1S/C15H15N5/c1-10-14(18-8-7-17-10)12-9-19-15(20-12)13(16)11-5-3-2-4-6-11/h2-9,13H,16H2,1H3,(H,19,20). The van der Waals surface area contributed by atoms with Crippen molar-refractivity contribution in [2.24, 2.45) is 5.73 Å². The molecule has 5 heteroatoms. The Hall–Kier alpha value is -2.53. The minimum absolute atomic E-state index is 0.276. The third-order valence-electron chi connectivity index (χ3n) is 3.19. The fraction of sp³-hybridized carbons (Fsp3) is 0.133. The summed E-state index contributed by atoms with van der Waals surface area (Å²) in [4.78, 5) is 16.1. The van der Waals surface area contributed by atoms with Gasteiger partial charge in [-0.1, -0.05) is 30.3 Å². The van der Waals surface area contributed by atoms with Crippen LogP contribution in [-0.2, 0) is 0 Å². The zero-order valence-electron chi connectivity index (χ0n) is 11.1. The number of nitrogens with one attached hydrogen (secondary N) is 1. The second-order valence-corrected chi connectivity index (χ2v) is 4.56. The molecule has 0 saturated heterocycles. The summed E-state index contributed by atoms with van der Waals surface area (Å²) in [5.41, 5.74) is 9.72. The summed E-state index contributed by atoms with van der Waals surface area (Å²) in [6.45, 7) is 1.92. The molecule has 0 radical (unpaired) electrons. The van der Waals surface area contributed by atoms with Crippen molar-refractivity contribution in [3.05, 3.63) is 66.0 Å². The van der Waals surface area contributed by atoms with Crippen LogP contribution in [0.1, 0.15) is 23.1 Å². The van der Waals surface area contributed by atoms with Crippen LogP contribution in [0.25, 0.3) is 11.4 Å². The average Bonchev–Trinajstić information content (AvgIpc) is 2.97. The average molecular weight is 265 g/mol. The van der Waals surface area contributed by atoms with E-state index in [4.69, 9.17) is 5.73 Å². The maximum atomic E-state index is 6.22. The zero-order valence-corrected chi connectivity index (χ0v) is 11.1. The number of aromatic amines is 1. The highest BCUT2D eigenvalue weighted by atomic mass is 15.0. The van der Waals surface area contributed by atoms with Gasteiger partial charge in [-0.2, -0.15) is 0 Å². The van der Waals surface area contributed by atoms with Crippen molar-refractivity contribution in [2.75, 3.05) is 0 Å². The first-order valence-corrected chi connectivity index (χ1v) is 6.39. The lowest BCUT2D eigenvalue weighted by molar-refractivity contribution is 0.801. The first-order valence-electron chi connectivity index (χ1n) is 6.39. The van der Waals surface area contributed by atoms with Gasteiger partial charge in [0.25, 0.3) is 0 Å². The lowest BCUT2D eigenvalue weighted by Crippen LogP contribution is -2.13. The van der Waals surface area contributed by atoms with Gasteiger partial charge in [0.05, 0.1) is 23.6 Å². The minimum atomic E-state index is -0.276. The van der Waals surface area contributed by atoms with Crippen LogP contribution in [0.15, 0.2) is 48.9 Å². The highest BCUT2D eigenvalue weighted by molar-refractivity contribution is 5.55. The predicted octanol–water partition coefficient (Wildman–Crippen LogP) is 2.22. The number of aryl methyl sites for hydroxylation is 1. The molecule has 0 aliphatic rings. The lowest BCUT2D eigenvalue weighted by Gasteiger charge is -2.08. The first kappa shape index (κ1) is 12.5. The van der Waals surface area contributed by atoms with Crippen molar-refractivity contribution in [1.29, 1.82) is 0 Å². The normalized spacial score (nSPS) is 12.3. The molecule has 3 N–H and O–H groups in total.